The summed E-state index contributed by atoms with van der Waals surface area (Å²) < 4.78 is 5.79. The highest BCUT2D eigenvalue weighted by molar-refractivity contribution is 7.80. The molecule has 0 radical (unpaired) electrons. The third-order valence-electron chi connectivity index (χ3n) is 4.24. The lowest BCUT2D eigenvalue weighted by Gasteiger charge is -2.31. The van der Waals surface area contributed by atoms with Gasteiger partial charge in [-0.25, -0.2) is 0 Å². The van der Waals surface area contributed by atoms with E-state index in [-0.39, 0.29) is 0 Å². The molecule has 1 fully saturated rings. The Bertz CT molecular complexity index is 458. The van der Waals surface area contributed by atoms with Crippen LogP contribution in [0.25, 0.3) is 0 Å². The van der Waals surface area contributed by atoms with E-state index in [0.29, 0.717) is 4.99 Å². The topological polar surface area (TPSA) is 38.5 Å². The van der Waals surface area contributed by atoms with Gasteiger partial charge in [0.05, 0.1) is 6.61 Å². The van der Waals surface area contributed by atoms with Gasteiger partial charge >= 0.3 is 0 Å². The monoisotopic (exact) mass is 306 g/mol. The minimum atomic E-state index is 0.414. The average Bonchev–Trinajstić information content (AvgIpc) is 2.52. The zero-order chi connectivity index (χ0) is 15.1. The third-order valence-corrected chi connectivity index (χ3v) is 4.48. The fourth-order valence-corrected chi connectivity index (χ4v) is 3.07. The van der Waals surface area contributed by atoms with Crippen LogP contribution in [0.4, 0.5) is 0 Å². The molecule has 1 aliphatic carbocycles. The lowest BCUT2D eigenvalue weighted by Crippen LogP contribution is -2.34. The Hall–Kier alpha value is -1.13. The third kappa shape index (κ3) is 5.29. The average molecular weight is 306 g/mol. The van der Waals surface area contributed by atoms with Gasteiger partial charge < -0.3 is 15.4 Å². The summed E-state index contributed by atoms with van der Waals surface area (Å²) in [5.41, 5.74) is 6.49. The molecule has 1 aliphatic rings. The van der Waals surface area contributed by atoms with Crippen LogP contribution in [0.1, 0.15) is 44.1 Å². The van der Waals surface area contributed by atoms with Crippen molar-refractivity contribution in [2.75, 3.05) is 20.2 Å². The molecule has 0 heterocycles. The maximum absolute atomic E-state index is 5.79. The van der Waals surface area contributed by atoms with Gasteiger partial charge in [0, 0.05) is 18.2 Å². The maximum Gasteiger partial charge on any atom is 0.119 e. The van der Waals surface area contributed by atoms with Crippen molar-refractivity contribution in [2.45, 2.75) is 44.6 Å². The Morgan fingerprint density at radius 1 is 1.33 bits per heavy atom. The molecule has 2 N–H and O–H groups in total. The second-order valence-electron chi connectivity index (χ2n) is 5.87. The standard InChI is InChI=1S/C17H26N2OS/c1-19(15-8-3-2-4-9-15)11-6-12-20-16-10-5-7-14(13-16)17(18)21/h5,7,10,13,15H,2-4,6,8-9,11-12H2,1H3,(H2,18,21). The summed E-state index contributed by atoms with van der Waals surface area (Å²) in [5, 5.41) is 0. The van der Waals surface area contributed by atoms with Crippen molar-refractivity contribution >= 4 is 17.2 Å². The Labute approximate surface area is 133 Å². The number of hydrogen-bond donors (Lipinski definition) is 1. The first-order valence-corrected chi connectivity index (χ1v) is 8.30. The van der Waals surface area contributed by atoms with E-state index in [9.17, 15) is 0 Å². The zero-order valence-electron chi connectivity index (χ0n) is 12.9. The molecule has 0 unspecified atom stereocenters. The summed E-state index contributed by atoms with van der Waals surface area (Å²) >= 11 is 4.98. The van der Waals surface area contributed by atoms with E-state index in [2.05, 4.69) is 11.9 Å². The fourth-order valence-electron chi connectivity index (χ4n) is 2.95. The molecule has 0 spiro atoms. The molecule has 2 rings (SSSR count). The molecule has 1 saturated carbocycles. The van der Waals surface area contributed by atoms with Crippen molar-refractivity contribution in [1.82, 2.24) is 4.90 Å². The van der Waals surface area contributed by atoms with Crippen LogP contribution in [-0.2, 0) is 0 Å². The first-order chi connectivity index (χ1) is 10.2. The molecule has 0 aliphatic heterocycles. The number of thiocarbonyl (C=S) groups is 1. The van der Waals surface area contributed by atoms with Crippen molar-refractivity contribution < 1.29 is 4.74 Å². The zero-order valence-corrected chi connectivity index (χ0v) is 13.7. The summed E-state index contributed by atoms with van der Waals surface area (Å²) in [4.78, 5) is 2.91. The predicted molar refractivity (Wildman–Crippen MR) is 91.9 cm³/mol. The van der Waals surface area contributed by atoms with Gasteiger partial charge in [0.15, 0.2) is 0 Å². The van der Waals surface area contributed by atoms with E-state index in [0.717, 1.165) is 36.9 Å². The van der Waals surface area contributed by atoms with Crippen molar-refractivity contribution in [3.63, 3.8) is 0 Å². The van der Waals surface area contributed by atoms with Gasteiger partial charge in [0.25, 0.3) is 0 Å². The van der Waals surface area contributed by atoms with Gasteiger partial charge in [0.2, 0.25) is 0 Å². The first kappa shape index (κ1) is 16.2. The van der Waals surface area contributed by atoms with Crippen LogP contribution in [0.3, 0.4) is 0 Å². The maximum atomic E-state index is 5.79. The molecular formula is C17H26N2OS. The van der Waals surface area contributed by atoms with Crippen LogP contribution < -0.4 is 10.5 Å². The largest absolute Gasteiger partial charge is 0.494 e. The van der Waals surface area contributed by atoms with E-state index in [1.165, 1.54) is 32.1 Å². The normalized spacial score (nSPS) is 16.1. The second-order valence-corrected chi connectivity index (χ2v) is 6.31. The molecule has 0 bridgehead atoms. The van der Waals surface area contributed by atoms with Crippen molar-refractivity contribution in [2.24, 2.45) is 5.73 Å². The molecule has 0 amide bonds. The Morgan fingerprint density at radius 3 is 2.81 bits per heavy atom. The quantitative estimate of drug-likeness (QED) is 0.619. The predicted octanol–water partition coefficient (Wildman–Crippen LogP) is 3.35. The minimum absolute atomic E-state index is 0.414. The van der Waals surface area contributed by atoms with Crippen LogP contribution in [0.2, 0.25) is 0 Å². The SMILES string of the molecule is CN(CCCOc1cccc(C(N)=S)c1)C1CCCCC1. The van der Waals surface area contributed by atoms with E-state index < -0.39 is 0 Å². The Morgan fingerprint density at radius 2 is 2.10 bits per heavy atom. The number of benzene rings is 1. The molecular weight excluding hydrogens is 280 g/mol. The van der Waals surface area contributed by atoms with Gasteiger partial charge in [-0.05, 0) is 38.4 Å². The Balaban J connectivity index is 1.69. The molecule has 1 aromatic carbocycles. The summed E-state index contributed by atoms with van der Waals surface area (Å²) in [6.07, 6.45) is 7.94. The van der Waals surface area contributed by atoms with Gasteiger partial charge in [-0.15, -0.1) is 0 Å². The highest BCUT2D eigenvalue weighted by Gasteiger charge is 2.17. The summed E-state index contributed by atoms with van der Waals surface area (Å²) in [5.74, 6) is 0.848. The summed E-state index contributed by atoms with van der Waals surface area (Å²) in [6, 6.07) is 8.47. The molecule has 0 aromatic heterocycles. The smallest absolute Gasteiger partial charge is 0.119 e. The number of hydrogen-bond acceptors (Lipinski definition) is 3. The van der Waals surface area contributed by atoms with Crippen LogP contribution in [-0.4, -0.2) is 36.1 Å². The number of ether oxygens (including phenoxy) is 1. The summed E-state index contributed by atoms with van der Waals surface area (Å²) in [6.45, 7) is 1.83. The molecule has 0 atom stereocenters. The fraction of sp³-hybridized carbons (Fsp3) is 0.588. The molecule has 0 saturated heterocycles. The van der Waals surface area contributed by atoms with Crippen molar-refractivity contribution in [3.05, 3.63) is 29.8 Å². The van der Waals surface area contributed by atoms with E-state index in [4.69, 9.17) is 22.7 Å². The lowest BCUT2D eigenvalue weighted by atomic mass is 9.94. The van der Waals surface area contributed by atoms with Crippen LogP contribution in [0, 0.1) is 0 Å². The number of nitrogens with two attached hydrogens (primary N) is 1. The van der Waals surface area contributed by atoms with Crippen LogP contribution in [0.5, 0.6) is 5.75 Å². The first-order valence-electron chi connectivity index (χ1n) is 7.90. The van der Waals surface area contributed by atoms with Gasteiger partial charge in [-0.2, -0.15) is 0 Å². The Kier molecular flexibility index (Phi) is 6.46. The highest BCUT2D eigenvalue weighted by atomic mass is 32.1. The van der Waals surface area contributed by atoms with Gasteiger partial charge in [-0.1, -0.05) is 43.6 Å². The number of rotatable bonds is 7. The molecule has 3 nitrogen and oxygen atoms in total. The molecule has 21 heavy (non-hydrogen) atoms. The van der Waals surface area contributed by atoms with Crippen LogP contribution >= 0.6 is 12.2 Å². The lowest BCUT2D eigenvalue weighted by molar-refractivity contribution is 0.177. The van der Waals surface area contributed by atoms with E-state index >= 15 is 0 Å². The van der Waals surface area contributed by atoms with E-state index in [1.807, 2.05) is 24.3 Å². The second kappa shape index (κ2) is 8.35. The minimum Gasteiger partial charge on any atom is -0.494 e. The molecule has 4 heteroatoms. The van der Waals surface area contributed by atoms with Crippen molar-refractivity contribution in [1.29, 1.82) is 0 Å². The molecule has 1 aromatic rings. The van der Waals surface area contributed by atoms with Gasteiger partial charge in [-0.3, -0.25) is 0 Å². The van der Waals surface area contributed by atoms with E-state index in [1.54, 1.807) is 0 Å². The molecule has 116 valence electrons. The highest BCUT2D eigenvalue weighted by Crippen LogP contribution is 2.21. The van der Waals surface area contributed by atoms with Crippen LogP contribution in [0.15, 0.2) is 24.3 Å². The number of nitrogens with zero attached hydrogens (tertiary/aromatic N) is 1. The summed E-state index contributed by atoms with van der Waals surface area (Å²) in [7, 11) is 2.24. The van der Waals surface area contributed by atoms with Gasteiger partial charge in [0.1, 0.15) is 10.7 Å². The van der Waals surface area contributed by atoms with Crippen molar-refractivity contribution in [3.8, 4) is 5.75 Å².